The van der Waals surface area contributed by atoms with Crippen molar-refractivity contribution in [3.8, 4) is 0 Å². The van der Waals surface area contributed by atoms with Crippen LogP contribution < -0.4 is 0 Å². The van der Waals surface area contributed by atoms with Crippen LogP contribution in [-0.4, -0.2) is 11.6 Å². The predicted octanol–water partition coefficient (Wildman–Crippen LogP) is 4.80. The van der Waals surface area contributed by atoms with E-state index in [1.165, 1.54) is 19.3 Å². The van der Waals surface area contributed by atoms with Gasteiger partial charge in [0.1, 0.15) is 11.6 Å². The van der Waals surface area contributed by atoms with Crippen LogP contribution in [0, 0.1) is 11.8 Å². The summed E-state index contributed by atoms with van der Waals surface area (Å²) in [4.78, 5) is 20.8. The first-order valence-electron chi connectivity index (χ1n) is 7.24. The number of Topliss-reactive ketones (excluding diaryl/α,β-unsaturated/α-hetero) is 2. The molecule has 0 bridgehead atoms. The maximum atomic E-state index is 10.5. The van der Waals surface area contributed by atoms with Gasteiger partial charge in [0.05, 0.1) is 0 Å². The first-order chi connectivity index (χ1) is 8.25. The molecule has 0 amide bonds. The van der Waals surface area contributed by atoms with E-state index in [-0.39, 0.29) is 5.78 Å². The van der Waals surface area contributed by atoms with Crippen LogP contribution in [0.15, 0.2) is 0 Å². The lowest BCUT2D eigenvalue weighted by atomic mass is 10.0. The number of carbonyl (C=O) groups excluding carboxylic acids is 2. The smallest absolute Gasteiger partial charge is 0.130 e. The summed E-state index contributed by atoms with van der Waals surface area (Å²) in [6, 6.07) is 0. The van der Waals surface area contributed by atoms with E-state index in [9.17, 15) is 9.59 Å². The topological polar surface area (TPSA) is 34.1 Å². The SMILES string of the molecule is CC(=O)CC(C)C.CC(=O)CCCCCC(C)C. The summed E-state index contributed by atoms with van der Waals surface area (Å²) >= 11 is 0. The zero-order valence-electron chi connectivity index (χ0n) is 13.2. The zero-order chi connectivity index (χ0) is 14.6. The maximum absolute atomic E-state index is 10.5. The van der Waals surface area contributed by atoms with Crippen LogP contribution in [0.5, 0.6) is 0 Å². The van der Waals surface area contributed by atoms with E-state index in [2.05, 4.69) is 13.8 Å². The van der Waals surface area contributed by atoms with Gasteiger partial charge in [0.25, 0.3) is 0 Å². The average Bonchev–Trinajstić information content (AvgIpc) is 2.14. The molecule has 0 fully saturated rings. The number of hydrogen-bond acceptors (Lipinski definition) is 2. The summed E-state index contributed by atoms with van der Waals surface area (Å²) in [7, 11) is 0. The fraction of sp³-hybridized carbons (Fsp3) is 0.875. The van der Waals surface area contributed by atoms with E-state index in [1.807, 2.05) is 13.8 Å². The van der Waals surface area contributed by atoms with Gasteiger partial charge >= 0.3 is 0 Å². The number of rotatable bonds is 8. The molecule has 0 aromatic heterocycles. The van der Waals surface area contributed by atoms with Gasteiger partial charge in [-0.15, -0.1) is 0 Å². The van der Waals surface area contributed by atoms with Gasteiger partial charge < -0.3 is 9.59 Å². The van der Waals surface area contributed by atoms with E-state index in [0.29, 0.717) is 11.7 Å². The number of hydrogen-bond donors (Lipinski definition) is 0. The predicted molar refractivity (Wildman–Crippen MR) is 78.7 cm³/mol. The van der Waals surface area contributed by atoms with Gasteiger partial charge in [-0.2, -0.15) is 0 Å². The molecule has 2 heteroatoms. The van der Waals surface area contributed by atoms with Crippen LogP contribution in [0.3, 0.4) is 0 Å². The second-order valence-corrected chi connectivity index (χ2v) is 6.00. The van der Waals surface area contributed by atoms with Gasteiger partial charge in [-0.3, -0.25) is 0 Å². The quantitative estimate of drug-likeness (QED) is 0.584. The molecule has 0 rings (SSSR count). The third-order valence-electron chi connectivity index (χ3n) is 2.51. The molecule has 2 nitrogen and oxygen atoms in total. The van der Waals surface area contributed by atoms with Crippen molar-refractivity contribution >= 4 is 11.6 Å². The molecular weight excluding hydrogens is 224 g/mol. The summed E-state index contributed by atoms with van der Waals surface area (Å²) in [5.74, 6) is 1.95. The van der Waals surface area contributed by atoms with E-state index >= 15 is 0 Å². The maximum Gasteiger partial charge on any atom is 0.130 e. The lowest BCUT2D eigenvalue weighted by molar-refractivity contribution is -0.118. The monoisotopic (exact) mass is 256 g/mol. The lowest BCUT2D eigenvalue weighted by Crippen LogP contribution is -1.95. The molecule has 0 N–H and O–H groups in total. The van der Waals surface area contributed by atoms with E-state index in [0.717, 1.165) is 25.2 Å². The average molecular weight is 256 g/mol. The Balaban J connectivity index is 0. The van der Waals surface area contributed by atoms with Crippen molar-refractivity contribution in [3.63, 3.8) is 0 Å². The van der Waals surface area contributed by atoms with Gasteiger partial charge in [0.2, 0.25) is 0 Å². The van der Waals surface area contributed by atoms with E-state index in [1.54, 1.807) is 13.8 Å². The fourth-order valence-electron chi connectivity index (χ4n) is 1.68. The summed E-state index contributed by atoms with van der Waals surface area (Å²) in [5, 5.41) is 0. The molecule has 0 atom stereocenters. The van der Waals surface area contributed by atoms with Gasteiger partial charge in [0.15, 0.2) is 0 Å². The van der Waals surface area contributed by atoms with Crippen molar-refractivity contribution < 1.29 is 9.59 Å². The first kappa shape index (κ1) is 19.7. The number of carbonyl (C=O) groups is 2. The molecule has 0 aliphatic heterocycles. The summed E-state index contributed by atoms with van der Waals surface area (Å²) in [6.07, 6.45) is 6.39. The van der Waals surface area contributed by atoms with Gasteiger partial charge in [-0.1, -0.05) is 47.0 Å². The first-order valence-corrected chi connectivity index (χ1v) is 7.24. The molecule has 0 unspecified atom stereocenters. The Morgan fingerprint density at radius 1 is 0.778 bits per heavy atom. The van der Waals surface area contributed by atoms with Crippen LogP contribution >= 0.6 is 0 Å². The van der Waals surface area contributed by atoms with Crippen LogP contribution in [-0.2, 0) is 9.59 Å². The molecule has 108 valence electrons. The van der Waals surface area contributed by atoms with Crippen molar-refractivity contribution in [1.82, 2.24) is 0 Å². The Morgan fingerprint density at radius 3 is 1.61 bits per heavy atom. The van der Waals surface area contributed by atoms with E-state index in [4.69, 9.17) is 0 Å². The number of ketones is 2. The minimum Gasteiger partial charge on any atom is -0.300 e. The fourth-order valence-corrected chi connectivity index (χ4v) is 1.68. The molecule has 0 heterocycles. The molecule has 0 spiro atoms. The molecule has 0 radical (unpaired) electrons. The highest BCUT2D eigenvalue weighted by Gasteiger charge is 1.96. The van der Waals surface area contributed by atoms with Crippen molar-refractivity contribution in [2.75, 3.05) is 0 Å². The largest absolute Gasteiger partial charge is 0.300 e. The normalized spacial score (nSPS) is 10.2. The molecule has 0 aromatic carbocycles. The highest BCUT2D eigenvalue weighted by molar-refractivity contribution is 5.75. The molecule has 0 aliphatic rings. The lowest BCUT2D eigenvalue weighted by Gasteiger charge is -2.02. The summed E-state index contributed by atoms with van der Waals surface area (Å²) in [5.41, 5.74) is 0. The second kappa shape index (κ2) is 12.8. The molecule has 0 saturated carbocycles. The minimum absolute atomic E-state index is 0.287. The third kappa shape index (κ3) is 24.5. The molecule has 0 aliphatic carbocycles. The highest BCUT2D eigenvalue weighted by atomic mass is 16.1. The Hall–Kier alpha value is -0.660. The summed E-state index contributed by atoms with van der Waals surface area (Å²) in [6.45, 7) is 11.9. The van der Waals surface area contributed by atoms with Crippen LogP contribution in [0.1, 0.15) is 80.1 Å². The Bertz CT molecular complexity index is 217. The molecular formula is C16H32O2. The Labute approximate surface area is 114 Å². The van der Waals surface area contributed by atoms with Gasteiger partial charge in [-0.05, 0) is 32.1 Å². The summed E-state index contributed by atoms with van der Waals surface area (Å²) < 4.78 is 0. The Morgan fingerprint density at radius 2 is 1.33 bits per heavy atom. The van der Waals surface area contributed by atoms with Crippen molar-refractivity contribution in [2.24, 2.45) is 11.8 Å². The van der Waals surface area contributed by atoms with Crippen molar-refractivity contribution in [3.05, 3.63) is 0 Å². The minimum atomic E-state index is 0.287. The second-order valence-electron chi connectivity index (χ2n) is 6.00. The standard InChI is InChI=1S/C10H20O.C6H12O/c1-9(2)7-5-4-6-8-10(3)11;1-5(2)4-6(3)7/h9H,4-8H2,1-3H3;5H,4H2,1-3H3. The Kier molecular flexibility index (Phi) is 14.0. The van der Waals surface area contributed by atoms with Crippen molar-refractivity contribution in [2.45, 2.75) is 80.1 Å². The van der Waals surface area contributed by atoms with Crippen molar-refractivity contribution in [1.29, 1.82) is 0 Å². The third-order valence-corrected chi connectivity index (χ3v) is 2.51. The number of unbranched alkanes of at least 4 members (excludes halogenated alkanes) is 2. The molecule has 0 saturated heterocycles. The molecule has 0 aromatic rings. The van der Waals surface area contributed by atoms with Crippen LogP contribution in [0.2, 0.25) is 0 Å². The highest BCUT2D eigenvalue weighted by Crippen LogP contribution is 2.09. The van der Waals surface area contributed by atoms with Crippen LogP contribution in [0.4, 0.5) is 0 Å². The molecule has 18 heavy (non-hydrogen) atoms. The van der Waals surface area contributed by atoms with Crippen LogP contribution in [0.25, 0.3) is 0 Å². The van der Waals surface area contributed by atoms with E-state index < -0.39 is 0 Å². The zero-order valence-corrected chi connectivity index (χ0v) is 13.2. The van der Waals surface area contributed by atoms with Gasteiger partial charge in [-0.25, -0.2) is 0 Å². The van der Waals surface area contributed by atoms with Gasteiger partial charge in [0, 0.05) is 12.8 Å².